The van der Waals surface area contributed by atoms with Gasteiger partial charge < -0.3 is 14.1 Å². The molecule has 0 atom stereocenters. The molecular weight excluding hydrogens is 386 g/mol. The Bertz CT molecular complexity index is 1420. The number of aliphatic carboxylic acids is 1. The highest BCUT2D eigenvalue weighted by molar-refractivity contribution is 6.08. The maximum absolute atomic E-state index is 10.9. The maximum atomic E-state index is 10.9. The molecule has 0 bridgehead atoms. The number of aromatic nitrogens is 1. The molecule has 0 aliphatic heterocycles. The van der Waals surface area contributed by atoms with E-state index in [2.05, 4.69) is 65.2 Å². The van der Waals surface area contributed by atoms with Crippen LogP contribution < -0.4 is 0 Å². The summed E-state index contributed by atoms with van der Waals surface area (Å²) in [7, 11) is 0. The predicted molar refractivity (Wildman–Crippen MR) is 125 cm³/mol. The molecule has 1 N–H and O–H groups in total. The third-order valence-corrected chi connectivity index (χ3v) is 5.84. The van der Waals surface area contributed by atoms with E-state index in [0.29, 0.717) is 13.0 Å². The molecule has 0 saturated heterocycles. The minimum Gasteiger partial charge on any atom is -0.481 e. The molecule has 3 aromatic carbocycles. The third kappa shape index (κ3) is 3.61. The van der Waals surface area contributed by atoms with Gasteiger partial charge in [-0.05, 0) is 48.4 Å². The third-order valence-electron chi connectivity index (χ3n) is 5.84. The number of hydrogen-bond acceptors (Lipinski definition) is 2. The lowest BCUT2D eigenvalue weighted by Crippen LogP contribution is -1.99. The topological polar surface area (TPSA) is 55.4 Å². The zero-order valence-electron chi connectivity index (χ0n) is 17.3. The fourth-order valence-corrected chi connectivity index (χ4v) is 4.18. The predicted octanol–water partition coefficient (Wildman–Crippen LogP) is 7.02. The van der Waals surface area contributed by atoms with Crippen molar-refractivity contribution in [3.8, 4) is 11.5 Å². The van der Waals surface area contributed by atoms with Crippen LogP contribution in [0.3, 0.4) is 0 Å². The lowest BCUT2D eigenvalue weighted by molar-refractivity contribution is -0.136. The van der Waals surface area contributed by atoms with Crippen LogP contribution in [0, 0.1) is 0 Å². The molecule has 0 saturated carbocycles. The van der Waals surface area contributed by atoms with Gasteiger partial charge in [0.2, 0.25) is 0 Å². The SMILES string of the molecule is C/C(=C\Cn1c(-c2cc3ccccc3o2)cc2c3ccccc3ccc21)CCC(=O)O. The summed E-state index contributed by atoms with van der Waals surface area (Å²) in [4.78, 5) is 10.9. The molecule has 31 heavy (non-hydrogen) atoms. The number of furan rings is 1. The number of carboxylic acid groups (broad SMARTS) is 1. The first-order chi connectivity index (χ1) is 15.1. The van der Waals surface area contributed by atoms with Crippen LogP contribution in [0.1, 0.15) is 19.8 Å². The molecule has 0 unspecified atom stereocenters. The molecule has 2 heterocycles. The van der Waals surface area contributed by atoms with Gasteiger partial charge in [-0.3, -0.25) is 4.79 Å². The number of hydrogen-bond donors (Lipinski definition) is 1. The molecule has 0 amide bonds. The summed E-state index contributed by atoms with van der Waals surface area (Å²) in [6.45, 7) is 2.64. The minimum atomic E-state index is -0.770. The first-order valence-corrected chi connectivity index (χ1v) is 10.5. The molecule has 4 nitrogen and oxygen atoms in total. The lowest BCUT2D eigenvalue weighted by Gasteiger charge is -2.08. The Balaban J connectivity index is 1.67. The van der Waals surface area contributed by atoms with Crippen LogP contribution in [-0.4, -0.2) is 15.6 Å². The molecule has 0 radical (unpaired) electrons. The number of carbonyl (C=O) groups is 1. The molecule has 0 spiro atoms. The molecule has 5 aromatic rings. The van der Waals surface area contributed by atoms with Crippen molar-refractivity contribution in [3.05, 3.63) is 84.4 Å². The molecule has 0 aliphatic rings. The van der Waals surface area contributed by atoms with Crippen molar-refractivity contribution in [3.63, 3.8) is 0 Å². The van der Waals surface area contributed by atoms with Gasteiger partial charge in [-0.25, -0.2) is 0 Å². The van der Waals surface area contributed by atoms with E-state index in [0.717, 1.165) is 33.5 Å². The summed E-state index contributed by atoms with van der Waals surface area (Å²) in [6, 6.07) is 25.0. The summed E-state index contributed by atoms with van der Waals surface area (Å²) in [5.74, 6) is 0.0617. The molecule has 0 fully saturated rings. The second-order valence-electron chi connectivity index (χ2n) is 7.95. The van der Waals surface area contributed by atoms with Gasteiger partial charge in [0.05, 0.1) is 5.69 Å². The summed E-state index contributed by atoms with van der Waals surface area (Å²) < 4.78 is 8.46. The number of fused-ring (bicyclic) bond motifs is 4. The van der Waals surface area contributed by atoms with Crippen molar-refractivity contribution in [1.29, 1.82) is 0 Å². The van der Waals surface area contributed by atoms with Crippen molar-refractivity contribution in [2.45, 2.75) is 26.3 Å². The highest BCUT2D eigenvalue weighted by atomic mass is 16.4. The van der Waals surface area contributed by atoms with E-state index in [4.69, 9.17) is 9.52 Å². The van der Waals surface area contributed by atoms with E-state index >= 15 is 0 Å². The second-order valence-corrected chi connectivity index (χ2v) is 7.95. The van der Waals surface area contributed by atoms with Crippen LogP contribution in [0.2, 0.25) is 0 Å². The summed E-state index contributed by atoms with van der Waals surface area (Å²) in [5, 5.41) is 13.7. The molecule has 5 rings (SSSR count). The van der Waals surface area contributed by atoms with E-state index in [1.54, 1.807) is 0 Å². The summed E-state index contributed by atoms with van der Waals surface area (Å²) in [5.41, 5.74) is 4.09. The van der Waals surface area contributed by atoms with Gasteiger partial charge >= 0.3 is 5.97 Å². The highest BCUT2D eigenvalue weighted by Crippen LogP contribution is 2.35. The van der Waals surface area contributed by atoms with Gasteiger partial charge in [0.25, 0.3) is 0 Å². The average Bonchev–Trinajstić information content (AvgIpc) is 3.37. The summed E-state index contributed by atoms with van der Waals surface area (Å²) >= 11 is 0. The summed E-state index contributed by atoms with van der Waals surface area (Å²) in [6.07, 6.45) is 2.82. The first-order valence-electron chi connectivity index (χ1n) is 10.5. The van der Waals surface area contributed by atoms with Crippen molar-refractivity contribution in [2.24, 2.45) is 0 Å². The van der Waals surface area contributed by atoms with Crippen LogP contribution >= 0.6 is 0 Å². The number of rotatable bonds is 6. The number of benzene rings is 3. The van der Waals surface area contributed by atoms with Crippen LogP contribution in [0.25, 0.3) is 44.1 Å². The van der Waals surface area contributed by atoms with Gasteiger partial charge in [0.1, 0.15) is 5.58 Å². The van der Waals surface area contributed by atoms with Gasteiger partial charge in [0, 0.05) is 29.3 Å². The van der Waals surface area contributed by atoms with Crippen LogP contribution in [0.15, 0.2) is 88.9 Å². The van der Waals surface area contributed by atoms with Crippen LogP contribution in [0.5, 0.6) is 0 Å². The largest absolute Gasteiger partial charge is 0.481 e. The Morgan fingerprint density at radius 1 is 0.935 bits per heavy atom. The Morgan fingerprint density at radius 2 is 1.71 bits per heavy atom. The van der Waals surface area contributed by atoms with Crippen molar-refractivity contribution in [2.75, 3.05) is 0 Å². The maximum Gasteiger partial charge on any atom is 0.303 e. The molecular formula is C27H23NO3. The van der Waals surface area contributed by atoms with Gasteiger partial charge in [-0.2, -0.15) is 0 Å². The fourth-order valence-electron chi connectivity index (χ4n) is 4.18. The zero-order valence-corrected chi connectivity index (χ0v) is 17.3. The van der Waals surface area contributed by atoms with E-state index in [-0.39, 0.29) is 6.42 Å². The Kier molecular flexibility index (Phi) is 4.83. The molecule has 4 heteroatoms. The highest BCUT2D eigenvalue weighted by Gasteiger charge is 2.16. The number of allylic oxidation sites excluding steroid dienone is 2. The Labute approximate surface area is 180 Å². The van der Waals surface area contributed by atoms with E-state index < -0.39 is 5.97 Å². The molecule has 2 aromatic heterocycles. The van der Waals surface area contributed by atoms with Crippen LogP contribution in [-0.2, 0) is 11.3 Å². The van der Waals surface area contributed by atoms with E-state index in [1.165, 1.54) is 16.2 Å². The average molecular weight is 409 g/mol. The molecule has 154 valence electrons. The Morgan fingerprint density at radius 3 is 2.52 bits per heavy atom. The fraction of sp³-hybridized carbons (Fsp3) is 0.148. The van der Waals surface area contributed by atoms with Gasteiger partial charge in [-0.1, -0.05) is 60.2 Å². The standard InChI is InChI=1S/C27H23NO3/c1-18(10-13-27(29)30)14-15-28-23-12-11-19-6-2-4-8-21(19)22(23)17-24(28)26-16-20-7-3-5-9-25(20)31-26/h2-9,11-12,14,16-17H,10,13,15H2,1H3,(H,29,30)/b18-14+. The lowest BCUT2D eigenvalue weighted by atomic mass is 10.1. The number of nitrogens with zero attached hydrogens (tertiary/aromatic N) is 1. The van der Waals surface area contributed by atoms with Crippen LogP contribution in [0.4, 0.5) is 0 Å². The number of para-hydroxylation sites is 1. The second kappa shape index (κ2) is 7.80. The normalized spacial score (nSPS) is 12.2. The first kappa shape index (κ1) is 19.2. The van der Waals surface area contributed by atoms with Gasteiger partial charge in [-0.15, -0.1) is 0 Å². The van der Waals surface area contributed by atoms with Crippen molar-refractivity contribution >= 4 is 38.6 Å². The van der Waals surface area contributed by atoms with E-state index in [1.807, 2.05) is 25.1 Å². The molecule has 0 aliphatic carbocycles. The van der Waals surface area contributed by atoms with Crippen molar-refractivity contribution < 1.29 is 14.3 Å². The zero-order chi connectivity index (χ0) is 21.4. The van der Waals surface area contributed by atoms with Crippen molar-refractivity contribution in [1.82, 2.24) is 4.57 Å². The Hall–Kier alpha value is -3.79. The van der Waals surface area contributed by atoms with E-state index in [9.17, 15) is 4.79 Å². The number of carboxylic acids is 1. The quantitative estimate of drug-likeness (QED) is 0.307. The monoisotopic (exact) mass is 409 g/mol. The van der Waals surface area contributed by atoms with Gasteiger partial charge in [0.15, 0.2) is 5.76 Å². The minimum absolute atomic E-state index is 0.149. The smallest absolute Gasteiger partial charge is 0.303 e.